The first-order valence-electron chi connectivity index (χ1n) is 10.9. The molecule has 1 aliphatic heterocycles. The van der Waals surface area contributed by atoms with Gasteiger partial charge in [0.15, 0.2) is 0 Å². The molecule has 1 atom stereocenters. The molecule has 0 aliphatic carbocycles. The smallest absolute Gasteiger partial charge is 0.233 e. The summed E-state index contributed by atoms with van der Waals surface area (Å²) in [5.41, 5.74) is 2.25. The third-order valence-corrected chi connectivity index (χ3v) is 5.90. The van der Waals surface area contributed by atoms with Crippen LogP contribution in [0.2, 0.25) is 10.0 Å². The van der Waals surface area contributed by atoms with E-state index in [9.17, 15) is 4.79 Å². The van der Waals surface area contributed by atoms with Crippen LogP contribution in [0, 0.1) is 0 Å². The molecule has 1 amide bonds. The SMILES string of the molecule is CCCOCCNc1nc(Nc2ccccc2)nc2c1CC(c1c(Cl)cccc1Cl)C(=O)N2. The largest absolute Gasteiger partial charge is 0.380 e. The van der Waals surface area contributed by atoms with Crippen molar-refractivity contribution in [3.8, 4) is 0 Å². The molecule has 1 unspecified atom stereocenters. The molecule has 0 saturated carbocycles. The van der Waals surface area contributed by atoms with E-state index in [1.54, 1.807) is 18.2 Å². The summed E-state index contributed by atoms with van der Waals surface area (Å²) in [5.74, 6) is 0.717. The number of para-hydroxylation sites is 1. The molecule has 172 valence electrons. The van der Waals surface area contributed by atoms with Gasteiger partial charge in [0.25, 0.3) is 0 Å². The van der Waals surface area contributed by atoms with Gasteiger partial charge < -0.3 is 20.7 Å². The molecular weight excluding hydrogens is 461 g/mol. The number of nitrogens with one attached hydrogen (secondary N) is 3. The van der Waals surface area contributed by atoms with E-state index in [1.807, 2.05) is 30.3 Å². The monoisotopic (exact) mass is 485 g/mol. The van der Waals surface area contributed by atoms with E-state index in [4.69, 9.17) is 32.9 Å². The molecule has 9 heteroatoms. The van der Waals surface area contributed by atoms with Crippen LogP contribution in [0.1, 0.15) is 30.4 Å². The average molecular weight is 486 g/mol. The van der Waals surface area contributed by atoms with Crippen LogP contribution in [0.4, 0.5) is 23.3 Å². The van der Waals surface area contributed by atoms with E-state index in [2.05, 4.69) is 27.9 Å². The number of fused-ring (bicyclic) bond motifs is 1. The van der Waals surface area contributed by atoms with Crippen molar-refractivity contribution >= 4 is 52.4 Å². The Morgan fingerprint density at radius 1 is 1.06 bits per heavy atom. The molecule has 2 heterocycles. The Labute approximate surface area is 202 Å². The Bertz CT molecular complexity index is 1110. The number of anilines is 4. The standard InChI is InChI=1S/C24H25Cl2N5O2/c1-2-12-33-13-11-27-21-17-14-16(20-18(25)9-6-10-19(20)26)23(32)29-22(17)31-24(30-21)28-15-7-4-3-5-8-15/h3-10,16H,2,11-14H2,1H3,(H3,27,28,29,30,31,32). The van der Waals surface area contributed by atoms with Gasteiger partial charge in [-0.1, -0.05) is 54.4 Å². The fraction of sp³-hybridized carbons (Fsp3) is 0.292. The van der Waals surface area contributed by atoms with Crippen LogP contribution in [0.3, 0.4) is 0 Å². The maximum absolute atomic E-state index is 13.0. The number of carbonyl (C=O) groups is 1. The fourth-order valence-electron chi connectivity index (χ4n) is 3.70. The first kappa shape index (κ1) is 23.3. The molecule has 0 bridgehead atoms. The van der Waals surface area contributed by atoms with Crippen molar-refractivity contribution in [2.75, 3.05) is 35.7 Å². The average Bonchev–Trinajstić information content (AvgIpc) is 2.80. The molecule has 3 aromatic rings. The Morgan fingerprint density at radius 3 is 2.55 bits per heavy atom. The van der Waals surface area contributed by atoms with Crippen LogP contribution in [-0.4, -0.2) is 35.6 Å². The van der Waals surface area contributed by atoms with Gasteiger partial charge in [-0.05, 0) is 37.1 Å². The van der Waals surface area contributed by atoms with Crippen LogP contribution in [0.25, 0.3) is 0 Å². The summed E-state index contributed by atoms with van der Waals surface area (Å²) in [6.07, 6.45) is 1.33. The third kappa shape index (κ3) is 5.55. The van der Waals surface area contributed by atoms with Gasteiger partial charge in [0.1, 0.15) is 11.6 Å². The van der Waals surface area contributed by atoms with E-state index in [-0.39, 0.29) is 5.91 Å². The lowest BCUT2D eigenvalue weighted by Gasteiger charge is -2.27. The number of benzene rings is 2. The maximum Gasteiger partial charge on any atom is 0.233 e. The predicted octanol–water partition coefficient (Wildman–Crippen LogP) is 5.64. The van der Waals surface area contributed by atoms with E-state index in [1.165, 1.54) is 0 Å². The zero-order valence-electron chi connectivity index (χ0n) is 18.2. The van der Waals surface area contributed by atoms with Crippen LogP contribution in [-0.2, 0) is 16.0 Å². The van der Waals surface area contributed by atoms with Crippen LogP contribution < -0.4 is 16.0 Å². The number of carbonyl (C=O) groups excluding carboxylic acids is 1. The predicted molar refractivity (Wildman–Crippen MR) is 133 cm³/mol. The number of hydrogen-bond donors (Lipinski definition) is 3. The molecule has 4 rings (SSSR count). The van der Waals surface area contributed by atoms with Gasteiger partial charge >= 0.3 is 0 Å². The van der Waals surface area contributed by atoms with Gasteiger partial charge in [-0.2, -0.15) is 9.97 Å². The van der Waals surface area contributed by atoms with Gasteiger partial charge in [-0.3, -0.25) is 4.79 Å². The number of ether oxygens (including phenoxy) is 1. The van der Waals surface area contributed by atoms with Gasteiger partial charge in [0, 0.05) is 40.0 Å². The highest BCUT2D eigenvalue weighted by Gasteiger charge is 2.33. The van der Waals surface area contributed by atoms with Crippen molar-refractivity contribution in [1.29, 1.82) is 0 Å². The summed E-state index contributed by atoms with van der Waals surface area (Å²) in [6.45, 7) is 3.88. The van der Waals surface area contributed by atoms with Crippen molar-refractivity contribution < 1.29 is 9.53 Å². The Balaban J connectivity index is 1.66. The quantitative estimate of drug-likeness (QED) is 0.339. The molecule has 0 fully saturated rings. The lowest BCUT2D eigenvalue weighted by molar-refractivity contribution is -0.117. The van der Waals surface area contributed by atoms with E-state index in [0.29, 0.717) is 59.4 Å². The lowest BCUT2D eigenvalue weighted by Crippen LogP contribution is -2.31. The number of nitrogens with zero attached hydrogens (tertiary/aromatic N) is 2. The zero-order valence-corrected chi connectivity index (χ0v) is 19.7. The van der Waals surface area contributed by atoms with Crippen molar-refractivity contribution in [3.05, 3.63) is 69.7 Å². The minimum Gasteiger partial charge on any atom is -0.380 e. The highest BCUT2D eigenvalue weighted by molar-refractivity contribution is 6.36. The van der Waals surface area contributed by atoms with Crippen molar-refractivity contribution in [1.82, 2.24) is 9.97 Å². The minimum absolute atomic E-state index is 0.209. The van der Waals surface area contributed by atoms with Gasteiger partial charge in [-0.25, -0.2) is 0 Å². The molecule has 0 radical (unpaired) electrons. The molecule has 1 aromatic heterocycles. The summed E-state index contributed by atoms with van der Waals surface area (Å²) in [7, 11) is 0. The molecule has 0 spiro atoms. The molecule has 0 saturated heterocycles. The number of halogens is 2. The van der Waals surface area contributed by atoms with Crippen LogP contribution in [0.5, 0.6) is 0 Å². The van der Waals surface area contributed by atoms with Crippen LogP contribution >= 0.6 is 23.2 Å². The molecule has 33 heavy (non-hydrogen) atoms. The number of hydrogen-bond acceptors (Lipinski definition) is 6. The fourth-order valence-corrected chi connectivity index (χ4v) is 4.36. The Morgan fingerprint density at radius 2 is 1.82 bits per heavy atom. The zero-order chi connectivity index (χ0) is 23.2. The first-order chi connectivity index (χ1) is 16.1. The second-order valence-electron chi connectivity index (χ2n) is 7.63. The second kappa shape index (κ2) is 10.8. The summed E-state index contributed by atoms with van der Waals surface area (Å²) in [4.78, 5) is 22.3. The molecule has 2 aromatic carbocycles. The summed E-state index contributed by atoms with van der Waals surface area (Å²) >= 11 is 12.8. The topological polar surface area (TPSA) is 88.2 Å². The molecule has 7 nitrogen and oxygen atoms in total. The second-order valence-corrected chi connectivity index (χ2v) is 8.45. The molecule has 3 N–H and O–H groups in total. The lowest BCUT2D eigenvalue weighted by atomic mass is 9.88. The summed E-state index contributed by atoms with van der Waals surface area (Å²) in [5, 5.41) is 10.4. The number of aromatic nitrogens is 2. The van der Waals surface area contributed by atoms with Crippen molar-refractivity contribution in [2.24, 2.45) is 0 Å². The summed E-state index contributed by atoms with van der Waals surface area (Å²) < 4.78 is 5.59. The van der Waals surface area contributed by atoms with Crippen LogP contribution in [0.15, 0.2) is 48.5 Å². The van der Waals surface area contributed by atoms with Gasteiger partial charge in [0.2, 0.25) is 11.9 Å². The minimum atomic E-state index is -0.549. The Hall–Kier alpha value is -2.87. The highest BCUT2D eigenvalue weighted by atomic mass is 35.5. The highest BCUT2D eigenvalue weighted by Crippen LogP contribution is 2.40. The van der Waals surface area contributed by atoms with Gasteiger partial charge in [-0.15, -0.1) is 0 Å². The third-order valence-electron chi connectivity index (χ3n) is 5.24. The Kier molecular flexibility index (Phi) is 7.65. The molecule has 1 aliphatic rings. The van der Waals surface area contributed by atoms with Gasteiger partial charge in [0.05, 0.1) is 12.5 Å². The summed E-state index contributed by atoms with van der Waals surface area (Å²) in [6, 6.07) is 14.8. The van der Waals surface area contributed by atoms with E-state index < -0.39 is 5.92 Å². The normalized spacial score (nSPS) is 15.0. The van der Waals surface area contributed by atoms with Crippen molar-refractivity contribution in [3.63, 3.8) is 0 Å². The molecular formula is C24H25Cl2N5O2. The number of rotatable bonds is 9. The van der Waals surface area contributed by atoms with E-state index >= 15 is 0 Å². The van der Waals surface area contributed by atoms with Crippen molar-refractivity contribution in [2.45, 2.75) is 25.7 Å². The first-order valence-corrected chi connectivity index (χ1v) is 11.6. The number of amides is 1. The maximum atomic E-state index is 13.0. The van der Waals surface area contributed by atoms with E-state index in [0.717, 1.165) is 17.7 Å².